The normalized spacial score (nSPS) is 19.6. The van der Waals surface area contributed by atoms with Crippen molar-refractivity contribution >= 4 is 34.4 Å². The highest BCUT2D eigenvalue weighted by Gasteiger charge is 2.34. The van der Waals surface area contributed by atoms with E-state index >= 15 is 0 Å². The molecule has 4 heterocycles. The number of benzene rings is 1. The number of amides is 1. The summed E-state index contributed by atoms with van der Waals surface area (Å²) in [5, 5.41) is 6.02. The predicted molar refractivity (Wildman–Crippen MR) is 118 cm³/mol. The molecule has 1 atom stereocenters. The van der Waals surface area contributed by atoms with Crippen LogP contribution in [0.5, 0.6) is 5.75 Å². The van der Waals surface area contributed by atoms with E-state index in [2.05, 4.69) is 15.4 Å². The molecule has 0 aliphatic carbocycles. The quantitative estimate of drug-likeness (QED) is 0.572. The van der Waals surface area contributed by atoms with Gasteiger partial charge >= 0.3 is 0 Å². The summed E-state index contributed by atoms with van der Waals surface area (Å²) >= 11 is 1.28. The summed E-state index contributed by atoms with van der Waals surface area (Å²) in [5.41, 5.74) is 0.901. The van der Waals surface area contributed by atoms with Crippen LogP contribution in [0.1, 0.15) is 35.3 Å². The lowest BCUT2D eigenvalue weighted by molar-refractivity contribution is -0.113. The highest BCUT2D eigenvalue weighted by molar-refractivity contribution is 8.00. The van der Waals surface area contributed by atoms with E-state index < -0.39 is 5.25 Å². The zero-order chi connectivity index (χ0) is 21.5. The summed E-state index contributed by atoms with van der Waals surface area (Å²) in [4.78, 5) is 41.4. The number of fused-ring (bicyclic) bond motifs is 2. The number of rotatable bonds is 3. The van der Waals surface area contributed by atoms with E-state index in [0.717, 1.165) is 18.2 Å². The largest absolute Gasteiger partial charge is 0.497 e. The topological polar surface area (TPSA) is 118 Å². The number of methoxy groups -OCH3 is 1. The van der Waals surface area contributed by atoms with Crippen molar-refractivity contribution in [1.29, 1.82) is 0 Å². The molecular weight excluding hydrogens is 420 g/mol. The van der Waals surface area contributed by atoms with Gasteiger partial charge < -0.3 is 19.8 Å². The van der Waals surface area contributed by atoms with E-state index in [4.69, 9.17) is 9.47 Å². The number of anilines is 1. The number of hydrogen-bond donors (Lipinski definition) is 3. The molecule has 1 saturated heterocycles. The minimum absolute atomic E-state index is 0.0246. The van der Waals surface area contributed by atoms with Gasteiger partial charge in [-0.3, -0.25) is 24.2 Å². The second-order valence-corrected chi connectivity index (χ2v) is 8.76. The lowest BCUT2D eigenvalue weighted by Crippen LogP contribution is -2.24. The smallest absolute Gasteiger partial charge is 0.270 e. The third kappa shape index (κ3) is 3.55. The van der Waals surface area contributed by atoms with Crippen molar-refractivity contribution in [2.75, 3.05) is 31.4 Å². The molecule has 0 bridgehead atoms. The van der Waals surface area contributed by atoms with E-state index in [-0.39, 0.29) is 28.8 Å². The Morgan fingerprint density at radius 1 is 1.13 bits per heavy atom. The molecule has 1 aromatic carbocycles. The number of H-pyrrole nitrogens is 2. The van der Waals surface area contributed by atoms with E-state index in [0.29, 0.717) is 41.4 Å². The van der Waals surface area contributed by atoms with Crippen molar-refractivity contribution in [3.05, 3.63) is 56.1 Å². The Morgan fingerprint density at radius 3 is 2.71 bits per heavy atom. The van der Waals surface area contributed by atoms with Gasteiger partial charge in [0, 0.05) is 24.8 Å². The first kappa shape index (κ1) is 20.0. The number of nitrogens with zero attached hydrogens (tertiary/aromatic N) is 1. The van der Waals surface area contributed by atoms with Gasteiger partial charge in [-0.15, -0.1) is 11.8 Å². The number of pyridine rings is 1. The van der Waals surface area contributed by atoms with E-state index in [1.165, 1.54) is 11.8 Å². The number of ether oxygens (including phenoxy) is 2. The predicted octanol–water partition coefficient (Wildman–Crippen LogP) is 2.15. The summed E-state index contributed by atoms with van der Waals surface area (Å²) in [6, 6.07) is 7.24. The molecule has 1 fully saturated rings. The van der Waals surface area contributed by atoms with Gasteiger partial charge in [-0.2, -0.15) is 0 Å². The maximum atomic E-state index is 13.0. The monoisotopic (exact) mass is 442 g/mol. The Balaban J connectivity index is 1.65. The zero-order valence-electron chi connectivity index (χ0n) is 16.9. The Morgan fingerprint density at radius 2 is 1.94 bits per heavy atom. The molecule has 0 spiro atoms. The standard InChI is InChI=1S/C21H22N4O5S/c1-29-13-3-2-11-8-14(20(27)22-15(11)9-13)18-17-19(23-16(26)10-31-18)25(24-21(17)28)12-4-6-30-7-5-12/h2-3,8-9,12,18H,4-7,10H2,1H3,(H,22,27)(H,23,26)(H,24,28)/t18-/m0/s1. The summed E-state index contributed by atoms with van der Waals surface area (Å²) in [5.74, 6) is 1.04. The summed E-state index contributed by atoms with van der Waals surface area (Å²) in [6.45, 7) is 1.19. The molecule has 9 nitrogen and oxygen atoms in total. The van der Waals surface area contributed by atoms with Gasteiger partial charge in [0.1, 0.15) is 11.6 Å². The van der Waals surface area contributed by atoms with Crippen LogP contribution in [0.2, 0.25) is 0 Å². The van der Waals surface area contributed by atoms with Crippen molar-refractivity contribution in [2.45, 2.75) is 24.1 Å². The molecule has 2 aromatic heterocycles. The molecule has 3 aromatic rings. The van der Waals surface area contributed by atoms with Crippen LogP contribution in [-0.4, -0.2) is 46.7 Å². The van der Waals surface area contributed by atoms with Gasteiger partial charge in [-0.1, -0.05) is 0 Å². The van der Waals surface area contributed by atoms with Crippen LogP contribution in [-0.2, 0) is 9.53 Å². The molecule has 162 valence electrons. The molecule has 2 aliphatic rings. The number of nitrogens with one attached hydrogen (secondary N) is 3. The maximum absolute atomic E-state index is 13.0. The van der Waals surface area contributed by atoms with Gasteiger partial charge in [0.25, 0.3) is 11.1 Å². The molecule has 0 radical (unpaired) electrons. The van der Waals surface area contributed by atoms with Crippen LogP contribution in [0.15, 0.2) is 33.9 Å². The molecule has 31 heavy (non-hydrogen) atoms. The first-order valence-corrected chi connectivity index (χ1v) is 11.1. The minimum atomic E-state index is -0.575. The van der Waals surface area contributed by atoms with E-state index in [9.17, 15) is 14.4 Å². The first-order valence-electron chi connectivity index (χ1n) is 10.1. The lowest BCUT2D eigenvalue weighted by Gasteiger charge is -2.25. The zero-order valence-corrected chi connectivity index (χ0v) is 17.7. The van der Waals surface area contributed by atoms with Crippen LogP contribution < -0.4 is 21.2 Å². The summed E-state index contributed by atoms with van der Waals surface area (Å²) in [6.07, 6.45) is 1.48. The highest BCUT2D eigenvalue weighted by atomic mass is 32.2. The van der Waals surface area contributed by atoms with Gasteiger partial charge in [-0.05, 0) is 36.4 Å². The Kier molecular flexibility index (Phi) is 5.11. The molecule has 10 heteroatoms. The van der Waals surface area contributed by atoms with Crippen molar-refractivity contribution in [2.24, 2.45) is 0 Å². The second kappa shape index (κ2) is 7.93. The number of aromatic nitrogens is 3. The number of aromatic amines is 2. The van der Waals surface area contributed by atoms with Crippen molar-refractivity contribution in [3.8, 4) is 5.75 Å². The fourth-order valence-corrected chi connectivity index (χ4v) is 5.36. The van der Waals surface area contributed by atoms with E-state index in [1.807, 2.05) is 12.1 Å². The van der Waals surface area contributed by atoms with Crippen LogP contribution >= 0.6 is 11.8 Å². The fourth-order valence-electron chi connectivity index (χ4n) is 4.23. The minimum Gasteiger partial charge on any atom is -0.497 e. The lowest BCUT2D eigenvalue weighted by atomic mass is 10.0. The third-order valence-electron chi connectivity index (χ3n) is 5.78. The van der Waals surface area contributed by atoms with Crippen LogP contribution in [0.3, 0.4) is 0 Å². The fraction of sp³-hybridized carbons (Fsp3) is 0.381. The first-order chi connectivity index (χ1) is 15.0. The van der Waals surface area contributed by atoms with Gasteiger partial charge in [0.05, 0.1) is 35.2 Å². The number of hydrogen-bond acceptors (Lipinski definition) is 6. The van der Waals surface area contributed by atoms with Crippen LogP contribution in [0, 0.1) is 0 Å². The molecular formula is C21H22N4O5S. The Hall–Kier alpha value is -2.98. The van der Waals surface area contributed by atoms with Gasteiger partial charge in [-0.25, -0.2) is 0 Å². The molecule has 0 unspecified atom stereocenters. The average Bonchev–Trinajstić information content (AvgIpc) is 2.99. The number of carbonyl (C=O) groups excluding carboxylic acids is 1. The van der Waals surface area contributed by atoms with Crippen LogP contribution in [0.25, 0.3) is 10.9 Å². The molecule has 0 saturated carbocycles. The third-order valence-corrected chi connectivity index (χ3v) is 7.04. The SMILES string of the molecule is COc1ccc2cc([C@@H]3SCC(=O)Nc4c3c(=O)[nH]n4C3CCOCC3)c(=O)[nH]c2c1. The van der Waals surface area contributed by atoms with Crippen molar-refractivity contribution in [1.82, 2.24) is 14.8 Å². The molecule has 3 N–H and O–H groups in total. The number of carbonyl (C=O) groups is 1. The molecule has 2 aliphatic heterocycles. The highest BCUT2D eigenvalue weighted by Crippen LogP contribution is 2.40. The molecule has 5 rings (SSSR count). The van der Waals surface area contributed by atoms with Gasteiger partial charge in [0.2, 0.25) is 5.91 Å². The average molecular weight is 442 g/mol. The Labute approximate surface area is 181 Å². The number of thioether (sulfide) groups is 1. The molecule has 1 amide bonds. The van der Waals surface area contributed by atoms with Crippen molar-refractivity contribution < 1.29 is 14.3 Å². The van der Waals surface area contributed by atoms with Crippen molar-refractivity contribution in [3.63, 3.8) is 0 Å². The second-order valence-electron chi connectivity index (χ2n) is 7.66. The summed E-state index contributed by atoms with van der Waals surface area (Å²) in [7, 11) is 1.57. The maximum Gasteiger partial charge on any atom is 0.270 e. The van der Waals surface area contributed by atoms with E-state index in [1.54, 1.807) is 23.9 Å². The summed E-state index contributed by atoms with van der Waals surface area (Å²) < 4.78 is 12.4. The van der Waals surface area contributed by atoms with Gasteiger partial charge in [0.15, 0.2) is 0 Å². The Bertz CT molecular complexity index is 1270. The van der Waals surface area contributed by atoms with Crippen LogP contribution in [0.4, 0.5) is 5.82 Å².